The molecule has 0 radical (unpaired) electrons. The fraction of sp³-hybridized carbons (Fsp3) is 0. The van der Waals surface area contributed by atoms with Crippen LogP contribution in [-0.4, -0.2) is 14.3 Å². The van der Waals surface area contributed by atoms with E-state index in [1.807, 2.05) is 6.07 Å². The van der Waals surface area contributed by atoms with E-state index in [-0.39, 0.29) is 0 Å². The third-order valence-electron chi connectivity index (χ3n) is 6.88. The first-order valence-corrected chi connectivity index (χ1v) is 16.3. The van der Waals surface area contributed by atoms with Crippen LogP contribution in [0.2, 0.25) is 5.02 Å². The zero-order valence-electron chi connectivity index (χ0n) is 19.8. The topological polar surface area (TPSA) is 0 Å². The molecule has 1 aliphatic heterocycles. The summed E-state index contributed by atoms with van der Waals surface area (Å²) >= 11 is 4.32. The van der Waals surface area contributed by atoms with Crippen molar-refractivity contribution >= 4 is 50.3 Å². The van der Waals surface area contributed by atoms with Crippen LogP contribution < -0.4 is 4.40 Å². The van der Waals surface area contributed by atoms with Crippen LogP contribution in [0, 0.1) is 0 Å². The first-order chi connectivity index (χ1) is 17.8. The van der Waals surface area contributed by atoms with E-state index in [2.05, 4.69) is 140 Å². The Morgan fingerprint density at radius 1 is 0.361 bits per heavy atom. The van der Waals surface area contributed by atoms with Gasteiger partial charge in [-0.3, -0.25) is 0 Å². The number of halogens is 1. The van der Waals surface area contributed by atoms with Crippen molar-refractivity contribution in [2.24, 2.45) is 0 Å². The van der Waals surface area contributed by atoms with Gasteiger partial charge in [0.15, 0.2) is 0 Å². The second-order valence-electron chi connectivity index (χ2n) is 9.00. The zero-order valence-corrected chi connectivity index (χ0v) is 23.0. The van der Waals surface area contributed by atoms with E-state index in [0.29, 0.717) is 0 Å². The molecule has 0 amide bonds. The molecular weight excluding hydrogens is 516 g/mol. The second-order valence-corrected chi connectivity index (χ2v) is 14.9. The molecule has 0 atom stereocenters. The average molecular weight is 542 g/mol. The van der Waals surface area contributed by atoms with E-state index in [9.17, 15) is 0 Å². The van der Waals surface area contributed by atoms with Gasteiger partial charge in [-0.2, -0.15) is 0 Å². The van der Waals surface area contributed by atoms with E-state index in [4.69, 9.17) is 11.6 Å². The molecule has 0 N–H and O–H groups in total. The molecule has 36 heavy (non-hydrogen) atoms. The molecule has 0 aliphatic carbocycles. The Balaban J connectivity index is 1.79. The molecule has 5 aromatic carbocycles. The van der Waals surface area contributed by atoms with Gasteiger partial charge in [0.25, 0.3) is 0 Å². The minimum atomic E-state index is -2.68. The second kappa shape index (κ2) is 10.2. The van der Waals surface area contributed by atoms with Crippen LogP contribution in [-0.2, 0) is 0 Å². The first-order valence-electron chi connectivity index (χ1n) is 12.3. The van der Waals surface area contributed by atoms with Crippen LogP contribution in [0.5, 0.6) is 0 Å². The van der Waals surface area contributed by atoms with Crippen molar-refractivity contribution in [1.29, 1.82) is 0 Å². The summed E-state index contributed by atoms with van der Waals surface area (Å²) in [5, 5.41) is 0.867. The monoisotopic (exact) mass is 542 g/mol. The Morgan fingerprint density at radius 3 is 1.08 bits per heavy atom. The maximum absolute atomic E-state index is 7.00. The van der Waals surface area contributed by atoms with Crippen molar-refractivity contribution in [3.05, 3.63) is 173 Å². The minimum absolute atomic E-state index is 0.867. The van der Waals surface area contributed by atoms with Crippen molar-refractivity contribution in [3.8, 4) is 0 Å². The van der Waals surface area contributed by atoms with Gasteiger partial charge in [-0.25, -0.2) is 0 Å². The van der Waals surface area contributed by atoms with Gasteiger partial charge in [0.2, 0.25) is 0 Å². The number of rotatable bonds is 5. The average Bonchev–Trinajstić information content (AvgIpc) is 3.31. The Bertz CT molecular complexity index is 1450. The third kappa shape index (κ3) is 4.17. The Kier molecular flexibility index (Phi) is 6.46. The molecule has 0 unspecified atom stereocenters. The molecule has 6 rings (SSSR count). The van der Waals surface area contributed by atoms with Gasteiger partial charge >= 0.3 is 223 Å². The molecule has 0 saturated heterocycles. The molecule has 2 heteroatoms. The summed E-state index contributed by atoms with van der Waals surface area (Å²) in [6.45, 7) is 0. The van der Waals surface area contributed by atoms with E-state index in [1.165, 1.54) is 46.6 Å². The van der Waals surface area contributed by atoms with Gasteiger partial charge in [-0.15, -0.1) is 0 Å². The van der Waals surface area contributed by atoms with Crippen molar-refractivity contribution < 1.29 is 0 Å². The van der Waals surface area contributed by atoms with Crippen molar-refractivity contribution in [3.63, 3.8) is 0 Å². The summed E-state index contributed by atoms with van der Waals surface area (Å²) in [5.41, 5.74) is 7.78. The summed E-state index contributed by atoms with van der Waals surface area (Å²) in [6, 6.07) is 52.1. The van der Waals surface area contributed by atoms with Crippen LogP contribution in [0.4, 0.5) is 0 Å². The molecule has 0 saturated carbocycles. The molecule has 172 valence electrons. The standard InChI is InChI=1S/C34H25ClGe/c35-29-23-13-14-24-30(29)36-33(27-19-9-3-10-20-27)31(25-15-5-1-6-16-25)32(26-17-7-2-8-18-26)34(36)28-21-11-4-12-22-28/h1-24,36H. The molecule has 0 fully saturated rings. The van der Waals surface area contributed by atoms with Gasteiger partial charge in [0, 0.05) is 0 Å². The normalized spacial score (nSPS) is 13.9. The summed E-state index contributed by atoms with van der Waals surface area (Å²) in [5.74, 6) is 0. The van der Waals surface area contributed by atoms with Gasteiger partial charge in [-0.1, -0.05) is 0 Å². The Labute approximate surface area is 222 Å². The predicted octanol–water partition coefficient (Wildman–Crippen LogP) is 8.09. The number of hydrogen-bond donors (Lipinski definition) is 0. The number of hydrogen-bond acceptors (Lipinski definition) is 0. The fourth-order valence-corrected chi connectivity index (χ4v) is 14.1. The zero-order chi connectivity index (χ0) is 24.3. The van der Waals surface area contributed by atoms with Gasteiger partial charge < -0.3 is 0 Å². The summed E-state index contributed by atoms with van der Waals surface area (Å²) in [6.07, 6.45) is 0. The van der Waals surface area contributed by atoms with Gasteiger partial charge in [0.1, 0.15) is 0 Å². The van der Waals surface area contributed by atoms with Crippen LogP contribution in [0.3, 0.4) is 0 Å². The molecule has 1 heterocycles. The molecule has 0 spiro atoms. The molecule has 0 bridgehead atoms. The number of allylic oxidation sites excluding steroid dienone is 2. The SMILES string of the molecule is Clc1cccc[c]1[GeH]1[C](c2ccccc2)=C(c2ccccc2)C(c2ccccc2)=[C]1c1ccccc1. The van der Waals surface area contributed by atoms with E-state index >= 15 is 0 Å². The first kappa shape index (κ1) is 22.9. The fourth-order valence-electron chi connectivity index (χ4n) is 5.39. The van der Waals surface area contributed by atoms with Crippen molar-refractivity contribution in [2.75, 3.05) is 0 Å². The van der Waals surface area contributed by atoms with Crippen molar-refractivity contribution in [2.45, 2.75) is 0 Å². The molecule has 1 aliphatic rings. The van der Waals surface area contributed by atoms with Crippen LogP contribution in [0.25, 0.3) is 20.0 Å². The van der Waals surface area contributed by atoms with E-state index < -0.39 is 14.3 Å². The molecule has 0 nitrogen and oxygen atoms in total. The molecule has 5 aromatic rings. The van der Waals surface area contributed by atoms with Gasteiger partial charge in [-0.05, 0) is 0 Å². The summed E-state index contributed by atoms with van der Waals surface area (Å²) in [4.78, 5) is 0. The van der Waals surface area contributed by atoms with E-state index in [1.54, 1.807) is 0 Å². The van der Waals surface area contributed by atoms with Crippen molar-refractivity contribution in [1.82, 2.24) is 0 Å². The number of benzene rings is 5. The predicted molar refractivity (Wildman–Crippen MR) is 158 cm³/mol. The Morgan fingerprint density at radius 2 is 0.694 bits per heavy atom. The van der Waals surface area contributed by atoms with Crippen LogP contribution in [0.1, 0.15) is 22.3 Å². The molecular formula is C34H25ClGe. The Hall–Kier alpha value is -3.59. The quantitative estimate of drug-likeness (QED) is 0.197. The maximum atomic E-state index is 7.00. The van der Waals surface area contributed by atoms with Crippen LogP contribution >= 0.6 is 11.6 Å². The summed E-state index contributed by atoms with van der Waals surface area (Å²) < 4.78 is 4.25. The van der Waals surface area contributed by atoms with Gasteiger partial charge in [0.05, 0.1) is 0 Å². The summed E-state index contributed by atoms with van der Waals surface area (Å²) in [7, 11) is 0. The third-order valence-corrected chi connectivity index (χ3v) is 15.0. The van der Waals surface area contributed by atoms with E-state index in [0.717, 1.165) is 5.02 Å². The molecule has 0 aromatic heterocycles. The van der Waals surface area contributed by atoms with Crippen LogP contribution in [0.15, 0.2) is 146 Å².